The number of aromatic amines is 7. The first-order chi connectivity index (χ1) is 47.1. The van der Waals surface area contributed by atoms with E-state index in [1.165, 1.54) is 39.9 Å². The van der Waals surface area contributed by atoms with Gasteiger partial charge in [-0.3, -0.25) is 44.8 Å². The van der Waals surface area contributed by atoms with E-state index in [2.05, 4.69) is 133 Å². The summed E-state index contributed by atoms with van der Waals surface area (Å²) in [6.45, 7) is 8.39. The molecular formula is C66H67ClFN21OS7. The molecular weight excluding hydrogens is 1380 g/mol. The van der Waals surface area contributed by atoms with E-state index in [1.54, 1.807) is 59.2 Å². The molecule has 0 radical (unpaired) electrons. The van der Waals surface area contributed by atoms with Gasteiger partial charge in [0.25, 0.3) is 0 Å². The van der Waals surface area contributed by atoms with Gasteiger partial charge in [0.05, 0.1) is 32.7 Å². The molecule has 0 unspecified atom stereocenters. The highest BCUT2D eigenvalue weighted by Gasteiger charge is 2.06. The van der Waals surface area contributed by atoms with E-state index in [0.717, 1.165) is 53.5 Å². The SMILES string of the molecule is Cc1ccc(Cn2cn[nH]c2=S)cc1.Cc1cccc(-n2cn[nH]c2=S)c1.Fc1ccc(Cn2cn[nH]c2=S)cc1.OCc1n[nH]c(=S)n1Cc1ccccc1.S=c1[nH]ncn1CCc1ccccc1.S=c1[nH]ncn1Cc1ccc(Cl)cc1.S=c1[nH]ncn1Cc1ccccc1. The monoisotopic (exact) mass is 1450 g/mol. The van der Waals surface area contributed by atoms with Crippen molar-refractivity contribution in [2.75, 3.05) is 0 Å². The van der Waals surface area contributed by atoms with Crippen molar-refractivity contribution in [3.8, 4) is 5.69 Å². The highest BCUT2D eigenvalue weighted by molar-refractivity contribution is 7.72. The number of aliphatic hydroxyl groups is 1. The molecule has 0 aliphatic carbocycles. The number of benzene rings is 7. The molecule has 0 bridgehead atoms. The van der Waals surface area contributed by atoms with Gasteiger partial charge in [-0.1, -0.05) is 169 Å². The lowest BCUT2D eigenvalue weighted by atomic mass is 10.1. The summed E-state index contributed by atoms with van der Waals surface area (Å²) in [5.41, 5.74) is 10.5. The Morgan fingerprint density at radius 3 is 1.16 bits per heavy atom. The van der Waals surface area contributed by atoms with Crippen LogP contribution >= 0.6 is 97.1 Å². The standard InChI is InChI=1S/C10H11N3OS.2C10H11N3S.C9H8ClN3S.C9H8FN3S.2C9H9N3S/c14-7-9-11-12-10(15)13(9)6-8-4-2-1-3-5-8;1-8-2-4-9(5-3-8)6-13-7-11-12-10(13)14;14-10-12-11-8-13(10)7-6-9-4-2-1-3-5-9;2*10-8-3-1-7(2-4-8)5-13-6-11-12-9(13)14;1-7-3-2-4-8(5-7)12-6-10-11-9(12)13;13-9-11-10-7-12(9)6-8-4-2-1-3-5-8/h1-5,14H,6-7H2,(H,12,15);2-5,7H,6H2,1H3,(H,12,14);1-5,8H,6-7H2,(H,12,14);2*1-4,6H,5H2,(H,12,14);2-6H,1H3,(H,11,13);1-5,7H,6H2,(H,11,13). The number of halogens is 2. The lowest BCUT2D eigenvalue weighted by Crippen LogP contribution is -2.05. The Morgan fingerprint density at radius 1 is 0.381 bits per heavy atom. The molecule has 0 fully saturated rings. The summed E-state index contributed by atoms with van der Waals surface area (Å²) < 4.78 is 29.9. The summed E-state index contributed by atoms with van der Waals surface area (Å²) in [7, 11) is 0. The second-order valence-corrected chi connectivity index (χ2v) is 24.2. The van der Waals surface area contributed by atoms with Crippen LogP contribution < -0.4 is 0 Å². The molecule has 0 aliphatic rings. The minimum atomic E-state index is -0.232. The zero-order chi connectivity index (χ0) is 68.7. The minimum Gasteiger partial charge on any atom is -0.388 e. The molecule has 14 rings (SSSR count). The molecule has 498 valence electrons. The van der Waals surface area contributed by atoms with Gasteiger partial charge in [-0.15, -0.1) is 0 Å². The fourth-order valence-corrected chi connectivity index (χ4v) is 10.1. The van der Waals surface area contributed by atoms with Crippen molar-refractivity contribution in [1.29, 1.82) is 0 Å². The summed E-state index contributed by atoms with van der Waals surface area (Å²) in [5.74, 6) is 0.327. The largest absolute Gasteiger partial charge is 0.388 e. The topological polar surface area (TPSA) is 256 Å². The van der Waals surface area contributed by atoms with Crippen molar-refractivity contribution in [1.82, 2.24) is 103 Å². The van der Waals surface area contributed by atoms with Crippen molar-refractivity contribution >= 4 is 97.1 Å². The Balaban J connectivity index is 0.000000145. The van der Waals surface area contributed by atoms with Gasteiger partial charge in [0, 0.05) is 17.3 Å². The third kappa shape index (κ3) is 24.4. The van der Waals surface area contributed by atoms with Gasteiger partial charge in [-0.25, -0.2) is 4.39 Å². The maximum Gasteiger partial charge on any atom is 0.199 e. The summed E-state index contributed by atoms with van der Waals surface area (Å²) in [4.78, 5) is 0. The van der Waals surface area contributed by atoms with Crippen LogP contribution in [0, 0.1) is 53.1 Å². The Morgan fingerprint density at radius 2 is 0.763 bits per heavy atom. The highest BCUT2D eigenvalue weighted by atomic mass is 35.5. The fraction of sp³-hybridized carbons (Fsp3) is 0.152. The first kappa shape index (κ1) is 73.1. The van der Waals surface area contributed by atoms with Crippen molar-refractivity contribution in [3.63, 3.8) is 0 Å². The van der Waals surface area contributed by atoms with Gasteiger partial charge in [0.1, 0.15) is 50.4 Å². The molecule has 8 N–H and O–H groups in total. The Hall–Kier alpha value is -9.76. The molecule has 0 amide bonds. The van der Waals surface area contributed by atoms with Crippen LogP contribution in [-0.2, 0) is 52.3 Å². The maximum atomic E-state index is 12.6. The van der Waals surface area contributed by atoms with E-state index in [9.17, 15) is 4.39 Å². The van der Waals surface area contributed by atoms with Gasteiger partial charge in [-0.2, -0.15) is 35.7 Å². The number of hydrogen-bond donors (Lipinski definition) is 8. The predicted octanol–water partition coefficient (Wildman–Crippen LogP) is 15.0. The number of aromatic nitrogens is 21. The fourth-order valence-electron chi connectivity index (χ4n) is 8.71. The van der Waals surface area contributed by atoms with E-state index in [1.807, 2.05) is 139 Å². The second-order valence-electron chi connectivity index (χ2n) is 21.0. The summed E-state index contributed by atoms with van der Waals surface area (Å²) in [5, 5.41) is 55.7. The van der Waals surface area contributed by atoms with E-state index in [4.69, 9.17) is 102 Å². The summed E-state index contributed by atoms with van der Waals surface area (Å²) in [6, 6.07) is 60.9. The van der Waals surface area contributed by atoms with Crippen molar-refractivity contribution in [3.05, 3.63) is 321 Å². The van der Waals surface area contributed by atoms with Gasteiger partial charge < -0.3 is 27.9 Å². The number of nitrogens with one attached hydrogen (secondary N) is 7. The number of H-pyrrole nitrogens is 7. The zero-order valence-electron chi connectivity index (χ0n) is 52.3. The van der Waals surface area contributed by atoms with E-state index in [-0.39, 0.29) is 12.4 Å². The van der Waals surface area contributed by atoms with Crippen LogP contribution in [0.15, 0.2) is 226 Å². The quantitative estimate of drug-likeness (QED) is 0.0444. The van der Waals surface area contributed by atoms with Crippen LogP contribution in [0.1, 0.15) is 50.3 Å². The number of aliphatic hydroxyl groups excluding tert-OH is 1. The van der Waals surface area contributed by atoms with Crippen LogP contribution in [0.2, 0.25) is 5.02 Å². The number of hydrogen-bond acceptors (Lipinski definition) is 15. The Kier molecular flexibility index (Phi) is 29.2. The summed E-state index contributed by atoms with van der Waals surface area (Å²) >= 11 is 41.0. The first-order valence-electron chi connectivity index (χ1n) is 29.7. The molecule has 0 spiro atoms. The molecule has 7 aromatic heterocycles. The smallest absolute Gasteiger partial charge is 0.199 e. The van der Waals surface area contributed by atoms with Crippen LogP contribution in [0.4, 0.5) is 4.39 Å². The van der Waals surface area contributed by atoms with E-state index in [0.29, 0.717) is 58.9 Å². The Labute approximate surface area is 597 Å². The highest BCUT2D eigenvalue weighted by Crippen LogP contribution is 2.13. The average Bonchev–Trinajstić information content (AvgIpc) is 1.89. The molecule has 0 saturated carbocycles. The third-order valence-corrected chi connectivity index (χ3v) is 16.3. The number of rotatable bonds is 15. The lowest BCUT2D eigenvalue weighted by Gasteiger charge is -2.04. The van der Waals surface area contributed by atoms with Gasteiger partial charge >= 0.3 is 0 Å². The third-order valence-electron chi connectivity index (χ3n) is 13.8. The van der Waals surface area contributed by atoms with E-state index < -0.39 is 0 Å². The Bertz CT molecular complexity index is 4810. The molecule has 0 aliphatic heterocycles. The molecule has 31 heteroatoms. The van der Waals surface area contributed by atoms with Crippen LogP contribution in [0.3, 0.4) is 0 Å². The molecule has 22 nitrogen and oxygen atoms in total. The second kappa shape index (κ2) is 38.7. The average molecular weight is 1450 g/mol. The first-order valence-corrected chi connectivity index (χ1v) is 32.9. The lowest BCUT2D eigenvalue weighted by molar-refractivity contribution is 0.265. The van der Waals surface area contributed by atoms with Crippen LogP contribution in [0.5, 0.6) is 0 Å². The molecule has 97 heavy (non-hydrogen) atoms. The van der Waals surface area contributed by atoms with Crippen molar-refractivity contribution < 1.29 is 9.50 Å². The predicted molar refractivity (Wildman–Crippen MR) is 391 cm³/mol. The maximum absolute atomic E-state index is 12.6. The normalized spacial score (nSPS) is 10.3. The van der Waals surface area contributed by atoms with Gasteiger partial charge in [0.2, 0.25) is 0 Å². The minimum absolute atomic E-state index is 0.111. The van der Waals surface area contributed by atoms with Gasteiger partial charge in [0.15, 0.2) is 39.2 Å². The van der Waals surface area contributed by atoms with Crippen LogP contribution in [-0.4, -0.2) is 108 Å². The molecule has 14 aromatic rings. The summed E-state index contributed by atoms with van der Waals surface area (Å²) in [6.07, 6.45) is 11.1. The van der Waals surface area contributed by atoms with E-state index >= 15 is 0 Å². The van der Waals surface area contributed by atoms with Crippen molar-refractivity contribution in [2.45, 2.75) is 66.1 Å². The zero-order valence-corrected chi connectivity index (χ0v) is 58.8. The van der Waals surface area contributed by atoms with Crippen LogP contribution in [0.25, 0.3) is 5.69 Å². The molecule has 0 saturated heterocycles. The van der Waals surface area contributed by atoms with Crippen molar-refractivity contribution in [2.24, 2.45) is 0 Å². The van der Waals surface area contributed by atoms with Gasteiger partial charge in [-0.05, 0) is 181 Å². The number of aryl methyl sites for hydroxylation is 4. The molecule has 7 heterocycles. The molecule has 7 aromatic carbocycles. The molecule has 0 atom stereocenters. The number of nitrogens with zero attached hydrogens (tertiary/aromatic N) is 14.